The van der Waals surface area contributed by atoms with Crippen LogP contribution in [0.2, 0.25) is 0 Å². The summed E-state index contributed by atoms with van der Waals surface area (Å²) < 4.78 is 6.39. The average Bonchev–Trinajstić information content (AvgIpc) is 2.68. The molecule has 16 heavy (non-hydrogen) atoms. The summed E-state index contributed by atoms with van der Waals surface area (Å²) in [6, 6.07) is 4.09. The van der Waals surface area contributed by atoms with Crippen molar-refractivity contribution in [1.82, 2.24) is 0 Å². The molecule has 0 spiro atoms. The Labute approximate surface area is 104 Å². The van der Waals surface area contributed by atoms with Crippen LogP contribution in [0.25, 0.3) is 0 Å². The Morgan fingerprint density at radius 2 is 1.94 bits per heavy atom. The molecule has 0 radical (unpaired) electrons. The zero-order valence-electron chi connectivity index (χ0n) is 9.10. The fourth-order valence-corrected chi connectivity index (χ4v) is 4.89. The van der Waals surface area contributed by atoms with Gasteiger partial charge in [-0.05, 0) is 76.9 Å². The van der Waals surface area contributed by atoms with Crippen molar-refractivity contribution in [1.29, 1.82) is 0 Å². The lowest BCUT2D eigenvalue weighted by Gasteiger charge is -2.13. The van der Waals surface area contributed by atoms with Crippen LogP contribution in [0.5, 0.6) is 0 Å². The van der Waals surface area contributed by atoms with Gasteiger partial charge in [0.1, 0.15) is 5.76 Å². The summed E-state index contributed by atoms with van der Waals surface area (Å²) in [4.78, 5) is 0. The van der Waals surface area contributed by atoms with Gasteiger partial charge in [0.25, 0.3) is 0 Å². The topological polar surface area (TPSA) is 39.2 Å². The molecule has 3 aliphatic rings. The van der Waals surface area contributed by atoms with Crippen molar-refractivity contribution in [2.24, 2.45) is 35.3 Å². The van der Waals surface area contributed by atoms with Crippen molar-refractivity contribution in [3.05, 3.63) is 22.6 Å². The summed E-state index contributed by atoms with van der Waals surface area (Å²) in [7, 11) is 0. The van der Waals surface area contributed by atoms with Crippen LogP contribution >= 0.6 is 15.9 Å². The van der Waals surface area contributed by atoms with Crippen LogP contribution in [-0.2, 0) is 0 Å². The van der Waals surface area contributed by atoms with Gasteiger partial charge < -0.3 is 10.2 Å². The van der Waals surface area contributed by atoms with Gasteiger partial charge in [-0.15, -0.1) is 0 Å². The largest absolute Gasteiger partial charge is 0.453 e. The minimum atomic E-state index is 0.129. The Morgan fingerprint density at radius 1 is 1.25 bits per heavy atom. The number of furan rings is 1. The first-order valence-corrected chi connectivity index (χ1v) is 7.06. The lowest BCUT2D eigenvalue weighted by atomic mass is 9.97. The summed E-state index contributed by atoms with van der Waals surface area (Å²) in [6.45, 7) is 0. The Hall–Kier alpha value is -0.280. The van der Waals surface area contributed by atoms with Gasteiger partial charge in [-0.25, -0.2) is 0 Å². The van der Waals surface area contributed by atoms with E-state index in [1.807, 2.05) is 12.1 Å². The second-order valence-corrected chi connectivity index (χ2v) is 6.51. The van der Waals surface area contributed by atoms with E-state index in [1.165, 1.54) is 19.3 Å². The van der Waals surface area contributed by atoms with Gasteiger partial charge in [0.05, 0.1) is 6.04 Å². The Balaban J connectivity index is 1.57. The second-order valence-electron chi connectivity index (χ2n) is 5.73. The molecule has 5 atom stereocenters. The average molecular weight is 282 g/mol. The fraction of sp³-hybridized carbons (Fsp3) is 0.692. The third-order valence-corrected chi connectivity index (χ3v) is 5.56. The molecule has 2 nitrogen and oxygen atoms in total. The molecule has 3 fully saturated rings. The molecular formula is C13H16BrNO. The van der Waals surface area contributed by atoms with Crippen LogP contribution in [0.4, 0.5) is 0 Å². The molecule has 0 aromatic carbocycles. The van der Waals surface area contributed by atoms with E-state index in [0.717, 1.165) is 34.1 Å². The van der Waals surface area contributed by atoms with Crippen LogP contribution in [0.3, 0.4) is 0 Å². The lowest BCUT2D eigenvalue weighted by molar-refractivity contribution is 0.365. The van der Waals surface area contributed by atoms with E-state index >= 15 is 0 Å². The first-order chi connectivity index (χ1) is 7.75. The van der Waals surface area contributed by atoms with E-state index in [0.29, 0.717) is 5.92 Å². The van der Waals surface area contributed by atoms with Gasteiger partial charge >= 0.3 is 0 Å². The minimum Gasteiger partial charge on any atom is -0.453 e. The van der Waals surface area contributed by atoms with Gasteiger partial charge in [0.15, 0.2) is 4.67 Å². The predicted octanol–water partition coefficient (Wildman–Crippen LogP) is 3.33. The lowest BCUT2D eigenvalue weighted by Crippen LogP contribution is -2.16. The molecule has 4 rings (SSSR count). The number of hydrogen-bond acceptors (Lipinski definition) is 2. The van der Waals surface area contributed by atoms with E-state index in [1.54, 1.807) is 0 Å². The van der Waals surface area contributed by atoms with Gasteiger partial charge in [-0.3, -0.25) is 0 Å². The molecule has 86 valence electrons. The molecule has 0 aliphatic heterocycles. The van der Waals surface area contributed by atoms with E-state index in [2.05, 4.69) is 15.9 Å². The Morgan fingerprint density at radius 3 is 2.50 bits per heavy atom. The van der Waals surface area contributed by atoms with Crippen molar-refractivity contribution in [2.75, 3.05) is 0 Å². The number of fused-ring (bicyclic) bond motifs is 5. The standard InChI is InChI=1S/C13H16BrNO/c14-9-4-3-8(16-9)13(15)12-10-6-1-2-7(5-6)11(10)12/h3-4,6-7,10-13H,1-2,5,15H2. The van der Waals surface area contributed by atoms with E-state index < -0.39 is 0 Å². The molecule has 5 unspecified atom stereocenters. The smallest absolute Gasteiger partial charge is 0.169 e. The minimum absolute atomic E-state index is 0.129. The summed E-state index contributed by atoms with van der Waals surface area (Å²) in [5.74, 6) is 5.51. The quantitative estimate of drug-likeness (QED) is 0.903. The maximum Gasteiger partial charge on any atom is 0.169 e. The highest BCUT2D eigenvalue weighted by Crippen LogP contribution is 2.71. The first-order valence-electron chi connectivity index (χ1n) is 6.26. The van der Waals surface area contributed by atoms with Gasteiger partial charge in [0, 0.05) is 0 Å². The van der Waals surface area contributed by atoms with E-state index in [9.17, 15) is 0 Å². The highest BCUT2D eigenvalue weighted by molar-refractivity contribution is 9.10. The van der Waals surface area contributed by atoms with Gasteiger partial charge in [-0.1, -0.05) is 0 Å². The maximum absolute atomic E-state index is 6.34. The Kier molecular flexibility index (Phi) is 1.91. The highest BCUT2D eigenvalue weighted by Gasteiger charge is 2.66. The van der Waals surface area contributed by atoms with Gasteiger partial charge in [0.2, 0.25) is 0 Å². The van der Waals surface area contributed by atoms with Crippen LogP contribution in [0.15, 0.2) is 21.2 Å². The molecule has 3 saturated carbocycles. The molecule has 1 aromatic heterocycles. The molecule has 3 heteroatoms. The van der Waals surface area contributed by atoms with Crippen molar-refractivity contribution >= 4 is 15.9 Å². The number of rotatable bonds is 2. The maximum atomic E-state index is 6.34. The number of nitrogens with two attached hydrogens (primary N) is 1. The van der Waals surface area contributed by atoms with E-state index in [4.69, 9.17) is 10.2 Å². The van der Waals surface area contributed by atoms with Crippen LogP contribution < -0.4 is 5.73 Å². The molecule has 1 aromatic rings. The summed E-state index contributed by atoms with van der Waals surface area (Å²) in [5.41, 5.74) is 6.34. The van der Waals surface area contributed by atoms with E-state index in [-0.39, 0.29) is 6.04 Å². The molecule has 0 amide bonds. The zero-order valence-corrected chi connectivity index (χ0v) is 10.7. The monoisotopic (exact) mass is 281 g/mol. The summed E-state index contributed by atoms with van der Waals surface area (Å²) in [6.07, 6.45) is 4.40. The normalized spacial score (nSPS) is 45.8. The van der Waals surface area contributed by atoms with Crippen molar-refractivity contribution in [3.8, 4) is 0 Å². The van der Waals surface area contributed by atoms with Crippen LogP contribution in [0.1, 0.15) is 31.1 Å². The van der Waals surface area contributed by atoms with Crippen molar-refractivity contribution < 1.29 is 4.42 Å². The highest BCUT2D eigenvalue weighted by atomic mass is 79.9. The molecule has 1 heterocycles. The zero-order chi connectivity index (χ0) is 10.9. The van der Waals surface area contributed by atoms with Crippen molar-refractivity contribution in [3.63, 3.8) is 0 Å². The number of halogens is 1. The summed E-state index contributed by atoms with van der Waals surface area (Å²) in [5, 5.41) is 0. The molecule has 2 N–H and O–H groups in total. The molecule has 3 aliphatic carbocycles. The SMILES string of the molecule is NC(c1ccc(Br)o1)C1C2C3CCC(C3)C21. The van der Waals surface area contributed by atoms with Crippen molar-refractivity contribution in [2.45, 2.75) is 25.3 Å². The summed E-state index contributed by atoms with van der Waals surface area (Å²) >= 11 is 3.35. The third-order valence-electron chi connectivity index (χ3n) is 5.13. The Bertz CT molecular complexity index is 413. The third kappa shape index (κ3) is 1.16. The van der Waals surface area contributed by atoms with Crippen LogP contribution in [0, 0.1) is 29.6 Å². The molecule has 2 bridgehead atoms. The number of hydrogen-bond donors (Lipinski definition) is 1. The predicted molar refractivity (Wildman–Crippen MR) is 64.6 cm³/mol. The second kappa shape index (κ2) is 3.14. The van der Waals surface area contributed by atoms with Gasteiger partial charge in [-0.2, -0.15) is 0 Å². The van der Waals surface area contributed by atoms with Crippen LogP contribution in [-0.4, -0.2) is 0 Å². The molecular weight excluding hydrogens is 266 g/mol. The fourth-order valence-electron chi connectivity index (χ4n) is 4.57. The first kappa shape index (κ1) is 9.72. The molecule has 0 saturated heterocycles.